The molecule has 4 aromatic rings. The van der Waals surface area contributed by atoms with Crippen LogP contribution in [-0.4, -0.2) is 44.6 Å². The monoisotopic (exact) mass is 504 g/mol. The van der Waals surface area contributed by atoms with Crippen molar-refractivity contribution < 1.29 is 33.3 Å². The Bertz CT molecular complexity index is 1410. The topological polar surface area (TPSA) is 104 Å². The summed E-state index contributed by atoms with van der Waals surface area (Å²) in [5.74, 6) is 1.13. The van der Waals surface area contributed by atoms with Crippen LogP contribution in [-0.2, 0) is 16.0 Å². The summed E-state index contributed by atoms with van der Waals surface area (Å²) in [6, 6.07) is 21.4. The molecule has 8 heteroatoms. The first-order valence-corrected chi connectivity index (χ1v) is 11.8. The Morgan fingerprint density at radius 3 is 2.43 bits per heavy atom. The largest absolute Gasteiger partial charge is 0.493 e. The number of carbonyl (C=O) groups is 1. The molecule has 0 fully saturated rings. The summed E-state index contributed by atoms with van der Waals surface area (Å²) in [7, 11) is 2.89. The third-order valence-electron chi connectivity index (χ3n) is 5.78. The molecule has 0 amide bonds. The number of benzene rings is 3. The zero-order valence-corrected chi connectivity index (χ0v) is 20.6. The van der Waals surface area contributed by atoms with Gasteiger partial charge in [-0.3, -0.25) is 4.79 Å². The molecule has 1 N–H and O–H groups in total. The summed E-state index contributed by atoms with van der Waals surface area (Å²) < 4.78 is 28.0. The van der Waals surface area contributed by atoms with E-state index in [0.29, 0.717) is 53.6 Å². The first-order valence-electron chi connectivity index (χ1n) is 11.8. The van der Waals surface area contributed by atoms with E-state index in [1.54, 1.807) is 36.4 Å². The minimum absolute atomic E-state index is 0.135. The minimum atomic E-state index is -1.02. The summed E-state index contributed by atoms with van der Waals surface area (Å²) in [5, 5.41) is 9.63. The Hall–Kier alpha value is -4.30. The number of carboxylic acids is 1. The lowest BCUT2D eigenvalue weighted by Gasteiger charge is -2.14. The van der Waals surface area contributed by atoms with Gasteiger partial charge in [-0.05, 0) is 35.9 Å². The Labute approximate surface area is 214 Å². The lowest BCUT2D eigenvalue weighted by molar-refractivity contribution is -0.148. The van der Waals surface area contributed by atoms with E-state index in [-0.39, 0.29) is 11.8 Å². The molecule has 0 saturated carbocycles. The minimum Gasteiger partial charge on any atom is -0.493 e. The van der Waals surface area contributed by atoms with Crippen molar-refractivity contribution >= 4 is 16.9 Å². The summed E-state index contributed by atoms with van der Waals surface area (Å²) in [4.78, 5) is 23.9. The number of rotatable bonds is 12. The number of carboxylic acid groups (broad SMARTS) is 1. The van der Waals surface area contributed by atoms with Crippen LogP contribution in [0.3, 0.4) is 0 Å². The van der Waals surface area contributed by atoms with E-state index in [9.17, 15) is 14.7 Å². The second kappa shape index (κ2) is 12.1. The Morgan fingerprint density at radius 1 is 0.919 bits per heavy atom. The van der Waals surface area contributed by atoms with E-state index in [2.05, 4.69) is 0 Å². The lowest BCUT2D eigenvalue weighted by atomic mass is 10.1. The third-order valence-corrected chi connectivity index (χ3v) is 5.78. The van der Waals surface area contributed by atoms with Crippen molar-refractivity contribution in [3.8, 4) is 28.6 Å². The van der Waals surface area contributed by atoms with Gasteiger partial charge in [-0.1, -0.05) is 36.4 Å². The van der Waals surface area contributed by atoms with Crippen LogP contribution in [0.15, 0.2) is 82.0 Å². The van der Waals surface area contributed by atoms with Gasteiger partial charge < -0.3 is 28.5 Å². The molecule has 1 atom stereocenters. The normalized spacial score (nSPS) is 11.7. The van der Waals surface area contributed by atoms with Crippen LogP contribution in [0.1, 0.15) is 12.0 Å². The van der Waals surface area contributed by atoms with E-state index in [1.807, 2.05) is 30.3 Å². The SMILES string of the molecule is COc1cc(CC(OC)C(=O)O)ccc1OCCCOc1ccc2oc(-c3ccccc3)cc(=O)c2c1. The van der Waals surface area contributed by atoms with Crippen molar-refractivity contribution in [2.45, 2.75) is 18.9 Å². The van der Waals surface area contributed by atoms with E-state index in [0.717, 1.165) is 11.1 Å². The highest BCUT2D eigenvalue weighted by atomic mass is 16.5. The number of fused-ring (bicyclic) bond motifs is 1. The summed E-state index contributed by atoms with van der Waals surface area (Å²) >= 11 is 0. The summed E-state index contributed by atoms with van der Waals surface area (Å²) in [6.07, 6.45) is -0.121. The fourth-order valence-corrected chi connectivity index (χ4v) is 3.84. The number of hydrogen-bond donors (Lipinski definition) is 1. The van der Waals surface area contributed by atoms with Gasteiger partial charge in [0, 0.05) is 31.6 Å². The second-order valence-corrected chi connectivity index (χ2v) is 8.30. The van der Waals surface area contributed by atoms with Crippen LogP contribution in [0.5, 0.6) is 17.2 Å². The van der Waals surface area contributed by atoms with Crippen LogP contribution >= 0.6 is 0 Å². The Morgan fingerprint density at radius 2 is 1.70 bits per heavy atom. The molecule has 0 bridgehead atoms. The molecular formula is C29H28O8. The van der Waals surface area contributed by atoms with Gasteiger partial charge >= 0.3 is 5.97 Å². The zero-order valence-electron chi connectivity index (χ0n) is 20.6. The number of methoxy groups -OCH3 is 2. The highest BCUT2D eigenvalue weighted by molar-refractivity contribution is 5.80. The second-order valence-electron chi connectivity index (χ2n) is 8.30. The van der Waals surface area contributed by atoms with Crippen molar-refractivity contribution in [2.24, 2.45) is 0 Å². The van der Waals surface area contributed by atoms with Crippen molar-refractivity contribution in [1.82, 2.24) is 0 Å². The van der Waals surface area contributed by atoms with Gasteiger partial charge in [0.2, 0.25) is 0 Å². The van der Waals surface area contributed by atoms with Crippen molar-refractivity contribution in [3.05, 3.63) is 88.6 Å². The van der Waals surface area contributed by atoms with Crippen LogP contribution in [0.2, 0.25) is 0 Å². The number of ether oxygens (including phenoxy) is 4. The third kappa shape index (κ3) is 6.48. The molecule has 0 aliphatic carbocycles. The first-order chi connectivity index (χ1) is 18.0. The van der Waals surface area contributed by atoms with Gasteiger partial charge in [0.15, 0.2) is 23.0 Å². The van der Waals surface area contributed by atoms with Gasteiger partial charge in [0.25, 0.3) is 0 Å². The first kappa shape index (κ1) is 25.8. The number of aliphatic carboxylic acids is 1. The van der Waals surface area contributed by atoms with Crippen LogP contribution in [0.4, 0.5) is 0 Å². The molecule has 8 nitrogen and oxygen atoms in total. The zero-order chi connectivity index (χ0) is 26.2. The predicted molar refractivity (Wildman–Crippen MR) is 139 cm³/mol. The molecule has 1 heterocycles. The standard InChI is InChI=1S/C29H28O8/c1-33-27-15-19(16-28(34-2)29(31)32)9-11-25(27)36-14-6-13-35-21-10-12-24-22(17-21)23(30)18-26(37-24)20-7-4-3-5-8-20/h3-5,7-12,15,17-18,28H,6,13-14,16H2,1-2H3,(H,31,32). The average Bonchev–Trinajstić information content (AvgIpc) is 2.92. The molecule has 1 aromatic heterocycles. The molecule has 3 aromatic carbocycles. The molecule has 0 spiro atoms. The van der Waals surface area contributed by atoms with Crippen molar-refractivity contribution in [2.75, 3.05) is 27.4 Å². The van der Waals surface area contributed by atoms with Gasteiger partial charge in [-0.15, -0.1) is 0 Å². The van der Waals surface area contributed by atoms with Crippen molar-refractivity contribution in [1.29, 1.82) is 0 Å². The molecule has 192 valence electrons. The molecule has 1 unspecified atom stereocenters. The van der Waals surface area contributed by atoms with Crippen LogP contribution < -0.4 is 19.6 Å². The Balaban J connectivity index is 1.32. The van der Waals surface area contributed by atoms with Gasteiger partial charge in [0.05, 0.1) is 25.7 Å². The molecule has 0 radical (unpaired) electrons. The van der Waals surface area contributed by atoms with Crippen LogP contribution in [0, 0.1) is 0 Å². The van der Waals surface area contributed by atoms with Crippen molar-refractivity contribution in [3.63, 3.8) is 0 Å². The molecule has 0 aliphatic heterocycles. The molecular weight excluding hydrogens is 476 g/mol. The van der Waals surface area contributed by atoms with E-state index >= 15 is 0 Å². The lowest BCUT2D eigenvalue weighted by Crippen LogP contribution is -2.24. The summed E-state index contributed by atoms with van der Waals surface area (Å²) in [5.41, 5.74) is 1.97. The highest BCUT2D eigenvalue weighted by Crippen LogP contribution is 2.29. The van der Waals surface area contributed by atoms with E-state index in [1.165, 1.54) is 20.3 Å². The van der Waals surface area contributed by atoms with E-state index < -0.39 is 12.1 Å². The van der Waals surface area contributed by atoms with Crippen LogP contribution in [0.25, 0.3) is 22.3 Å². The molecule has 0 saturated heterocycles. The maximum Gasteiger partial charge on any atom is 0.333 e. The highest BCUT2D eigenvalue weighted by Gasteiger charge is 2.18. The maximum atomic E-state index is 12.7. The molecule has 37 heavy (non-hydrogen) atoms. The fourth-order valence-electron chi connectivity index (χ4n) is 3.84. The van der Waals surface area contributed by atoms with E-state index in [4.69, 9.17) is 23.4 Å². The summed E-state index contributed by atoms with van der Waals surface area (Å²) in [6.45, 7) is 0.759. The van der Waals surface area contributed by atoms with Gasteiger partial charge in [-0.25, -0.2) is 4.79 Å². The molecule has 4 rings (SSSR count). The average molecular weight is 505 g/mol. The fraction of sp³-hybridized carbons (Fsp3) is 0.241. The Kier molecular flexibility index (Phi) is 8.43. The quantitative estimate of drug-likeness (QED) is 0.270. The predicted octanol–water partition coefficient (Wildman–Crippen LogP) is 4.96. The molecule has 0 aliphatic rings. The van der Waals surface area contributed by atoms with Gasteiger partial charge in [-0.2, -0.15) is 0 Å². The smallest absolute Gasteiger partial charge is 0.333 e. The van der Waals surface area contributed by atoms with Gasteiger partial charge in [0.1, 0.15) is 17.1 Å². The number of hydrogen-bond acceptors (Lipinski definition) is 7. The maximum absolute atomic E-state index is 12.7.